The third kappa shape index (κ3) is 4.29. The molecule has 0 saturated heterocycles. The molecule has 0 aromatic heterocycles. The van der Waals surface area contributed by atoms with Gasteiger partial charge in [0.05, 0.1) is 0 Å². The minimum Gasteiger partial charge on any atom is -0.329 e. The van der Waals surface area contributed by atoms with Gasteiger partial charge in [-0.15, -0.1) is 0 Å². The molecule has 0 bridgehead atoms. The van der Waals surface area contributed by atoms with Crippen molar-refractivity contribution in [2.24, 2.45) is 11.7 Å². The van der Waals surface area contributed by atoms with Crippen LogP contribution in [0.5, 0.6) is 0 Å². The average Bonchev–Trinajstić information content (AvgIpc) is 2.32. The molecule has 2 nitrogen and oxygen atoms in total. The van der Waals surface area contributed by atoms with Crippen molar-refractivity contribution in [2.45, 2.75) is 46.7 Å². The van der Waals surface area contributed by atoms with Crippen molar-refractivity contribution in [3.05, 3.63) is 35.1 Å². The zero-order valence-electron chi connectivity index (χ0n) is 12.8. The Bertz CT molecular complexity index is 402. The second kappa shape index (κ2) is 7.01. The molecule has 2 N–H and O–H groups in total. The van der Waals surface area contributed by atoms with E-state index in [-0.39, 0.29) is 11.9 Å². The molecule has 3 heteroatoms. The molecule has 1 rings (SSSR count). The molecule has 19 heavy (non-hydrogen) atoms. The smallest absolute Gasteiger partial charge is 0.126 e. The van der Waals surface area contributed by atoms with Crippen LogP contribution >= 0.6 is 0 Å². The first-order valence-electron chi connectivity index (χ1n) is 7.08. The van der Waals surface area contributed by atoms with Gasteiger partial charge >= 0.3 is 0 Å². The minimum absolute atomic E-state index is 0.153. The van der Waals surface area contributed by atoms with Gasteiger partial charge in [0, 0.05) is 25.2 Å². The highest BCUT2D eigenvalue weighted by molar-refractivity contribution is 5.27. The molecule has 0 heterocycles. The number of hydrogen-bond acceptors (Lipinski definition) is 2. The van der Waals surface area contributed by atoms with Crippen LogP contribution in [0, 0.1) is 18.7 Å². The molecule has 0 aliphatic carbocycles. The minimum atomic E-state index is -0.153. The van der Waals surface area contributed by atoms with Gasteiger partial charge in [0.15, 0.2) is 0 Å². The number of hydrogen-bond donors (Lipinski definition) is 1. The summed E-state index contributed by atoms with van der Waals surface area (Å²) in [6.07, 6.45) is 0. The third-order valence-corrected chi connectivity index (χ3v) is 3.43. The van der Waals surface area contributed by atoms with Gasteiger partial charge in [-0.3, -0.25) is 4.90 Å². The fraction of sp³-hybridized carbons (Fsp3) is 0.625. The molecule has 1 aromatic carbocycles. The van der Waals surface area contributed by atoms with Crippen LogP contribution in [0.15, 0.2) is 18.2 Å². The maximum absolute atomic E-state index is 13.4. The zero-order valence-corrected chi connectivity index (χ0v) is 12.8. The fourth-order valence-electron chi connectivity index (χ4n) is 2.46. The van der Waals surface area contributed by atoms with Gasteiger partial charge in [-0.2, -0.15) is 0 Å². The largest absolute Gasteiger partial charge is 0.329 e. The fourth-order valence-corrected chi connectivity index (χ4v) is 2.46. The first-order valence-corrected chi connectivity index (χ1v) is 7.08. The van der Waals surface area contributed by atoms with Crippen molar-refractivity contribution < 1.29 is 4.39 Å². The average molecular weight is 266 g/mol. The molecule has 0 spiro atoms. The Labute approximate surface area is 116 Å². The number of nitrogens with zero attached hydrogens (tertiary/aromatic N) is 1. The van der Waals surface area contributed by atoms with Crippen LogP contribution in [0.4, 0.5) is 4.39 Å². The van der Waals surface area contributed by atoms with E-state index in [1.807, 2.05) is 12.1 Å². The lowest BCUT2D eigenvalue weighted by molar-refractivity contribution is 0.138. The van der Waals surface area contributed by atoms with Crippen molar-refractivity contribution in [2.75, 3.05) is 13.1 Å². The van der Waals surface area contributed by atoms with Gasteiger partial charge in [0.25, 0.3) is 0 Å². The molecule has 0 radical (unpaired) electrons. The van der Waals surface area contributed by atoms with Gasteiger partial charge < -0.3 is 5.73 Å². The molecule has 1 aromatic rings. The molecule has 0 aliphatic heterocycles. The molecule has 108 valence electrons. The number of halogens is 1. The second-order valence-corrected chi connectivity index (χ2v) is 5.94. The first kappa shape index (κ1) is 16.1. The van der Waals surface area contributed by atoms with E-state index in [1.54, 1.807) is 13.0 Å². The lowest BCUT2D eigenvalue weighted by atomic mass is 10.00. The van der Waals surface area contributed by atoms with E-state index in [1.165, 1.54) is 0 Å². The van der Waals surface area contributed by atoms with Crippen LogP contribution in [0.25, 0.3) is 0 Å². The molecule has 0 aliphatic rings. The normalized spacial score (nSPS) is 13.6. The highest BCUT2D eigenvalue weighted by Gasteiger charge is 2.22. The van der Waals surface area contributed by atoms with Crippen LogP contribution in [0.1, 0.15) is 44.9 Å². The lowest BCUT2D eigenvalue weighted by Crippen LogP contribution is -2.40. The Morgan fingerprint density at radius 3 is 2.26 bits per heavy atom. The Balaban J connectivity index is 3.04. The maximum atomic E-state index is 13.4. The van der Waals surface area contributed by atoms with E-state index >= 15 is 0 Å². The van der Waals surface area contributed by atoms with E-state index in [4.69, 9.17) is 5.73 Å². The summed E-state index contributed by atoms with van der Waals surface area (Å²) in [4.78, 5) is 2.40. The van der Waals surface area contributed by atoms with Crippen LogP contribution in [0.2, 0.25) is 0 Å². The summed E-state index contributed by atoms with van der Waals surface area (Å²) in [6.45, 7) is 12.1. The van der Waals surface area contributed by atoms with Gasteiger partial charge in [-0.25, -0.2) is 4.39 Å². The topological polar surface area (TPSA) is 29.3 Å². The van der Waals surface area contributed by atoms with Crippen LogP contribution in [-0.2, 0) is 0 Å². The van der Waals surface area contributed by atoms with E-state index in [0.29, 0.717) is 24.1 Å². The summed E-state index contributed by atoms with van der Waals surface area (Å²) in [6, 6.07) is 5.89. The number of aryl methyl sites for hydroxylation is 1. The molecule has 0 amide bonds. The van der Waals surface area contributed by atoms with E-state index in [9.17, 15) is 4.39 Å². The van der Waals surface area contributed by atoms with Crippen molar-refractivity contribution in [3.63, 3.8) is 0 Å². The quantitative estimate of drug-likeness (QED) is 0.854. The van der Waals surface area contributed by atoms with Crippen LogP contribution in [-0.4, -0.2) is 24.0 Å². The van der Waals surface area contributed by atoms with E-state index in [0.717, 1.165) is 12.1 Å². The summed E-state index contributed by atoms with van der Waals surface area (Å²) >= 11 is 0. The van der Waals surface area contributed by atoms with Crippen molar-refractivity contribution in [3.8, 4) is 0 Å². The van der Waals surface area contributed by atoms with Crippen molar-refractivity contribution in [1.29, 1.82) is 0 Å². The Morgan fingerprint density at radius 2 is 1.84 bits per heavy atom. The van der Waals surface area contributed by atoms with Gasteiger partial charge in [0.2, 0.25) is 0 Å². The predicted octanol–water partition coefficient (Wildman–Crippen LogP) is 3.50. The zero-order chi connectivity index (χ0) is 14.6. The van der Waals surface area contributed by atoms with Gasteiger partial charge in [-0.1, -0.05) is 26.0 Å². The highest BCUT2D eigenvalue weighted by atomic mass is 19.1. The first-order chi connectivity index (χ1) is 8.86. The second-order valence-electron chi connectivity index (χ2n) is 5.94. The van der Waals surface area contributed by atoms with E-state index < -0.39 is 0 Å². The maximum Gasteiger partial charge on any atom is 0.126 e. The molecule has 0 fully saturated rings. The molecule has 0 saturated carbocycles. The van der Waals surface area contributed by atoms with Crippen molar-refractivity contribution >= 4 is 0 Å². The highest BCUT2D eigenvalue weighted by Crippen LogP contribution is 2.24. The number of nitrogens with two attached hydrogens (primary N) is 1. The van der Waals surface area contributed by atoms with Crippen LogP contribution < -0.4 is 5.73 Å². The number of benzene rings is 1. The van der Waals surface area contributed by atoms with Gasteiger partial charge in [0.1, 0.15) is 5.82 Å². The van der Waals surface area contributed by atoms with Gasteiger partial charge in [-0.05, 0) is 43.9 Å². The lowest BCUT2D eigenvalue weighted by Gasteiger charge is -2.36. The molecule has 1 unspecified atom stereocenters. The molecular weight excluding hydrogens is 239 g/mol. The van der Waals surface area contributed by atoms with Crippen molar-refractivity contribution in [1.82, 2.24) is 4.90 Å². The third-order valence-electron chi connectivity index (χ3n) is 3.43. The van der Waals surface area contributed by atoms with E-state index in [2.05, 4.69) is 32.6 Å². The summed E-state index contributed by atoms with van der Waals surface area (Å²) in [5.74, 6) is 0.428. The summed E-state index contributed by atoms with van der Waals surface area (Å²) in [7, 11) is 0. The van der Waals surface area contributed by atoms with Crippen LogP contribution in [0.3, 0.4) is 0 Å². The monoisotopic (exact) mass is 266 g/mol. The molecular formula is C16H27FN2. The summed E-state index contributed by atoms with van der Waals surface area (Å²) in [5, 5.41) is 0. The number of rotatable bonds is 6. The Hall–Kier alpha value is -0.930. The predicted molar refractivity (Wildman–Crippen MR) is 79.6 cm³/mol. The Morgan fingerprint density at radius 1 is 1.21 bits per heavy atom. The standard InChI is InChI=1S/C16H27FN2/c1-11(2)10-19(12(3)4)16(9-18)14-6-7-15(17)13(5)8-14/h6-8,11-12,16H,9-10,18H2,1-5H3. The summed E-state index contributed by atoms with van der Waals surface area (Å²) in [5.41, 5.74) is 7.76. The summed E-state index contributed by atoms with van der Waals surface area (Å²) < 4.78 is 13.4. The molecule has 1 atom stereocenters. The SMILES string of the molecule is Cc1cc(C(CN)N(CC(C)C)C(C)C)ccc1F. The Kier molecular flexibility index (Phi) is 5.95.